The van der Waals surface area contributed by atoms with Crippen LogP contribution in [0.25, 0.3) is 0 Å². The molecule has 1 aromatic carbocycles. The Morgan fingerprint density at radius 1 is 1.37 bits per heavy atom. The number of hydrogen-bond acceptors (Lipinski definition) is 5. The number of aromatic nitrogens is 2. The number of likely N-dealkylation sites (N-methyl/N-ethyl adjacent to an activating group) is 1. The molecule has 1 aromatic heterocycles. The van der Waals surface area contributed by atoms with E-state index in [4.69, 9.17) is 16.7 Å². The van der Waals surface area contributed by atoms with Crippen LogP contribution in [-0.4, -0.2) is 34.9 Å². The minimum atomic E-state index is -0.892. The fourth-order valence-electron chi connectivity index (χ4n) is 1.52. The van der Waals surface area contributed by atoms with Gasteiger partial charge >= 0.3 is 5.97 Å². The van der Waals surface area contributed by atoms with Crippen molar-refractivity contribution in [2.24, 2.45) is 0 Å². The molecule has 0 saturated heterocycles. The number of rotatable bonds is 5. The van der Waals surface area contributed by atoms with E-state index in [1.165, 1.54) is 11.3 Å². The first-order valence-corrected chi connectivity index (χ1v) is 6.74. The van der Waals surface area contributed by atoms with Gasteiger partial charge in [0.25, 0.3) is 0 Å². The summed E-state index contributed by atoms with van der Waals surface area (Å²) in [6, 6.07) is 7.53. The quantitative estimate of drug-likeness (QED) is 0.917. The summed E-state index contributed by atoms with van der Waals surface area (Å²) in [6.07, 6.45) is 0.662. The number of nitrogens with zero attached hydrogens (tertiary/aromatic N) is 3. The van der Waals surface area contributed by atoms with E-state index in [2.05, 4.69) is 10.2 Å². The van der Waals surface area contributed by atoms with E-state index in [0.717, 1.165) is 10.6 Å². The molecule has 7 heteroatoms. The third kappa shape index (κ3) is 3.90. The van der Waals surface area contributed by atoms with Crippen LogP contribution >= 0.6 is 22.9 Å². The molecule has 0 amide bonds. The van der Waals surface area contributed by atoms with Gasteiger partial charge in [0.1, 0.15) is 11.6 Å². The van der Waals surface area contributed by atoms with E-state index in [0.29, 0.717) is 16.6 Å². The highest BCUT2D eigenvalue weighted by atomic mass is 35.5. The van der Waals surface area contributed by atoms with Crippen molar-refractivity contribution in [1.29, 1.82) is 0 Å². The second-order valence-electron chi connectivity index (χ2n) is 4.03. The third-order valence-electron chi connectivity index (χ3n) is 2.42. The van der Waals surface area contributed by atoms with Gasteiger partial charge in [0, 0.05) is 18.5 Å². The van der Waals surface area contributed by atoms with Crippen molar-refractivity contribution in [2.75, 3.05) is 18.5 Å². The Kier molecular flexibility index (Phi) is 4.34. The molecule has 0 spiro atoms. The van der Waals surface area contributed by atoms with Gasteiger partial charge in [-0.2, -0.15) is 0 Å². The molecule has 0 radical (unpaired) electrons. The average molecular weight is 298 g/mol. The summed E-state index contributed by atoms with van der Waals surface area (Å²) in [5, 5.41) is 18.9. The van der Waals surface area contributed by atoms with Crippen LogP contribution in [0.3, 0.4) is 0 Å². The summed E-state index contributed by atoms with van der Waals surface area (Å²) in [5.41, 5.74) is 1.09. The molecule has 2 rings (SSSR count). The normalized spacial score (nSPS) is 10.4. The molecular formula is C12H12ClN3O2S. The molecule has 2 aromatic rings. The van der Waals surface area contributed by atoms with Gasteiger partial charge in [-0.3, -0.25) is 4.79 Å². The van der Waals surface area contributed by atoms with Crippen LogP contribution in [0, 0.1) is 0 Å². The fraction of sp³-hybridized carbons (Fsp3) is 0.250. The van der Waals surface area contributed by atoms with Gasteiger partial charge in [-0.25, -0.2) is 0 Å². The van der Waals surface area contributed by atoms with Crippen molar-refractivity contribution >= 4 is 34.0 Å². The Balaban J connectivity index is 2.04. The van der Waals surface area contributed by atoms with Gasteiger partial charge in [-0.1, -0.05) is 35.1 Å². The van der Waals surface area contributed by atoms with Crippen molar-refractivity contribution in [3.8, 4) is 0 Å². The molecule has 0 aliphatic carbocycles. The highest BCUT2D eigenvalue weighted by molar-refractivity contribution is 7.15. The minimum Gasteiger partial charge on any atom is -0.480 e. The van der Waals surface area contributed by atoms with E-state index in [1.807, 2.05) is 24.3 Å². The van der Waals surface area contributed by atoms with E-state index in [-0.39, 0.29) is 6.54 Å². The summed E-state index contributed by atoms with van der Waals surface area (Å²) in [5.74, 6) is -0.892. The summed E-state index contributed by atoms with van der Waals surface area (Å²) < 4.78 is 0. The molecule has 0 aliphatic heterocycles. The maximum absolute atomic E-state index is 10.6. The molecular weight excluding hydrogens is 286 g/mol. The lowest BCUT2D eigenvalue weighted by atomic mass is 10.2. The predicted molar refractivity (Wildman–Crippen MR) is 75.1 cm³/mol. The molecule has 0 atom stereocenters. The number of hydrogen-bond donors (Lipinski definition) is 1. The summed E-state index contributed by atoms with van der Waals surface area (Å²) >= 11 is 7.21. The van der Waals surface area contributed by atoms with Crippen molar-refractivity contribution in [3.63, 3.8) is 0 Å². The van der Waals surface area contributed by atoms with E-state index in [1.54, 1.807) is 11.9 Å². The molecule has 1 heterocycles. The topological polar surface area (TPSA) is 66.3 Å². The molecule has 0 bridgehead atoms. The lowest BCUT2D eigenvalue weighted by Crippen LogP contribution is -2.24. The zero-order chi connectivity index (χ0) is 13.8. The predicted octanol–water partition coefficient (Wildman–Crippen LogP) is 2.30. The number of carboxylic acids is 1. The zero-order valence-electron chi connectivity index (χ0n) is 10.2. The van der Waals surface area contributed by atoms with Crippen LogP contribution in [0.1, 0.15) is 10.6 Å². The lowest BCUT2D eigenvalue weighted by molar-refractivity contribution is -0.135. The first-order chi connectivity index (χ1) is 9.04. The number of anilines is 1. The number of benzene rings is 1. The van der Waals surface area contributed by atoms with Crippen molar-refractivity contribution in [3.05, 3.63) is 39.9 Å². The Hall–Kier alpha value is -1.66. The molecule has 0 fully saturated rings. The largest absolute Gasteiger partial charge is 0.480 e. The molecule has 19 heavy (non-hydrogen) atoms. The SMILES string of the molecule is CN(CC(=O)O)c1nnc(Cc2ccc(Cl)cc2)s1. The summed E-state index contributed by atoms with van der Waals surface area (Å²) in [6.45, 7) is -0.0877. The minimum absolute atomic E-state index is 0.0877. The average Bonchev–Trinajstić information content (AvgIpc) is 2.80. The highest BCUT2D eigenvalue weighted by Gasteiger charge is 2.11. The molecule has 0 aliphatic rings. The number of halogens is 1. The maximum Gasteiger partial charge on any atom is 0.323 e. The number of aliphatic carboxylic acids is 1. The van der Waals surface area contributed by atoms with Crippen molar-refractivity contribution in [2.45, 2.75) is 6.42 Å². The Bertz CT molecular complexity index is 571. The Labute approximate surface area is 119 Å². The first-order valence-electron chi connectivity index (χ1n) is 5.54. The lowest BCUT2D eigenvalue weighted by Gasteiger charge is -2.10. The van der Waals surface area contributed by atoms with Gasteiger partial charge in [-0.15, -0.1) is 10.2 Å². The number of carbonyl (C=O) groups is 1. The fourth-order valence-corrected chi connectivity index (χ4v) is 2.48. The van der Waals surface area contributed by atoms with Gasteiger partial charge in [0.15, 0.2) is 0 Å². The standard InChI is InChI=1S/C12H12ClN3O2S/c1-16(7-11(17)18)12-15-14-10(19-12)6-8-2-4-9(13)5-3-8/h2-5H,6-7H2,1H3,(H,17,18). The smallest absolute Gasteiger partial charge is 0.323 e. The van der Waals surface area contributed by atoms with Crippen LogP contribution in [-0.2, 0) is 11.2 Å². The van der Waals surface area contributed by atoms with Crippen LogP contribution in [0.2, 0.25) is 5.02 Å². The third-order valence-corrected chi connectivity index (χ3v) is 3.71. The van der Waals surface area contributed by atoms with Gasteiger partial charge in [0.2, 0.25) is 5.13 Å². The molecule has 100 valence electrons. The van der Waals surface area contributed by atoms with Crippen LogP contribution in [0.15, 0.2) is 24.3 Å². The first kappa shape index (κ1) is 13.8. The number of carboxylic acid groups (broad SMARTS) is 1. The van der Waals surface area contributed by atoms with Gasteiger partial charge < -0.3 is 10.0 Å². The van der Waals surface area contributed by atoms with Crippen molar-refractivity contribution in [1.82, 2.24) is 10.2 Å². The molecule has 1 N–H and O–H groups in total. The monoisotopic (exact) mass is 297 g/mol. The van der Waals surface area contributed by atoms with E-state index < -0.39 is 5.97 Å². The summed E-state index contributed by atoms with van der Waals surface area (Å²) in [4.78, 5) is 12.2. The van der Waals surface area contributed by atoms with Gasteiger partial charge in [-0.05, 0) is 17.7 Å². The van der Waals surface area contributed by atoms with Crippen molar-refractivity contribution < 1.29 is 9.90 Å². The zero-order valence-corrected chi connectivity index (χ0v) is 11.8. The Morgan fingerprint density at radius 3 is 2.68 bits per heavy atom. The summed E-state index contributed by atoms with van der Waals surface area (Å²) in [7, 11) is 1.68. The van der Waals surface area contributed by atoms with E-state index in [9.17, 15) is 4.79 Å². The maximum atomic E-state index is 10.6. The second kappa shape index (κ2) is 5.99. The molecule has 5 nitrogen and oxygen atoms in total. The second-order valence-corrected chi connectivity index (χ2v) is 5.51. The Morgan fingerprint density at radius 2 is 2.05 bits per heavy atom. The molecule has 0 unspecified atom stereocenters. The highest BCUT2D eigenvalue weighted by Crippen LogP contribution is 2.21. The van der Waals surface area contributed by atoms with Crippen LogP contribution < -0.4 is 4.90 Å². The van der Waals surface area contributed by atoms with Crippen LogP contribution in [0.5, 0.6) is 0 Å². The molecule has 0 saturated carbocycles. The van der Waals surface area contributed by atoms with Crippen LogP contribution in [0.4, 0.5) is 5.13 Å². The van der Waals surface area contributed by atoms with E-state index >= 15 is 0 Å². The van der Waals surface area contributed by atoms with Gasteiger partial charge in [0.05, 0.1) is 0 Å².